The number of fused-ring (bicyclic) bond motifs is 1. The van der Waals surface area contributed by atoms with Crippen LogP contribution in [0.15, 0.2) is 60.7 Å². The van der Waals surface area contributed by atoms with Crippen LogP contribution in [0.25, 0.3) is 6.08 Å². The minimum absolute atomic E-state index is 0.190. The number of nitrogens with one attached hydrogen (secondary N) is 1. The van der Waals surface area contributed by atoms with Gasteiger partial charge in [-0.2, -0.15) is 0 Å². The van der Waals surface area contributed by atoms with Gasteiger partial charge in [0, 0.05) is 11.6 Å². The number of imide groups is 1. The first-order chi connectivity index (χ1) is 16.2. The van der Waals surface area contributed by atoms with E-state index in [0.717, 1.165) is 10.5 Å². The maximum Gasteiger partial charge on any atom is 0.325 e. The molecule has 0 bridgehead atoms. The number of ketones is 1. The molecule has 0 aromatic heterocycles. The molecule has 2 heterocycles. The largest absolute Gasteiger partial charge is 0.481 e. The number of benzene rings is 2. The summed E-state index contributed by atoms with van der Waals surface area (Å²) in [6.07, 6.45) is 2.40. The molecule has 0 spiro atoms. The lowest BCUT2D eigenvalue weighted by atomic mass is 9.78. The number of nitrogens with zero attached hydrogens (tertiary/aromatic N) is 1. The Balaban J connectivity index is 1.78. The Morgan fingerprint density at radius 1 is 1.00 bits per heavy atom. The standard InChI is InChI=1S/C25H22N2O7/c1-14(28)16-8-10-17(11-9-16)27-22(31)20-18(12-7-15-5-3-2-4-6-15)26-25(24(33)34,13-19(29)30)21(20)23(27)32/h2-12,18,20-21,26H,13H2,1H3,(H,29,30)(H,33,34). The van der Waals surface area contributed by atoms with Crippen LogP contribution >= 0.6 is 0 Å². The molecule has 2 saturated heterocycles. The van der Waals surface area contributed by atoms with Crippen molar-refractivity contribution in [2.75, 3.05) is 4.90 Å². The molecule has 9 heteroatoms. The van der Waals surface area contributed by atoms with E-state index in [-0.39, 0.29) is 11.5 Å². The van der Waals surface area contributed by atoms with E-state index in [1.54, 1.807) is 12.2 Å². The Morgan fingerprint density at radius 3 is 2.21 bits per heavy atom. The number of Topliss-reactive ketones (excluding diaryl/α,β-unsaturated/α-hetero) is 1. The van der Waals surface area contributed by atoms with Crippen LogP contribution in [0.5, 0.6) is 0 Å². The molecule has 2 aliphatic heterocycles. The molecule has 2 aromatic rings. The molecule has 0 radical (unpaired) electrons. The highest BCUT2D eigenvalue weighted by Crippen LogP contribution is 2.46. The van der Waals surface area contributed by atoms with Gasteiger partial charge in [-0.1, -0.05) is 42.5 Å². The van der Waals surface area contributed by atoms with E-state index in [1.165, 1.54) is 31.2 Å². The highest BCUT2D eigenvalue weighted by atomic mass is 16.4. The molecule has 2 aromatic carbocycles. The van der Waals surface area contributed by atoms with Gasteiger partial charge in [-0.3, -0.25) is 29.3 Å². The maximum absolute atomic E-state index is 13.5. The van der Waals surface area contributed by atoms with E-state index in [1.807, 2.05) is 30.3 Å². The van der Waals surface area contributed by atoms with Gasteiger partial charge in [0.2, 0.25) is 11.8 Å². The second-order valence-electron chi connectivity index (χ2n) is 8.41. The fourth-order valence-corrected chi connectivity index (χ4v) is 4.76. The maximum atomic E-state index is 13.5. The summed E-state index contributed by atoms with van der Waals surface area (Å²) < 4.78 is 0. The number of hydrogen-bond acceptors (Lipinski definition) is 6. The van der Waals surface area contributed by atoms with Crippen molar-refractivity contribution in [3.05, 3.63) is 71.8 Å². The van der Waals surface area contributed by atoms with Gasteiger partial charge in [-0.25, -0.2) is 4.90 Å². The third-order valence-corrected chi connectivity index (χ3v) is 6.33. The summed E-state index contributed by atoms with van der Waals surface area (Å²) in [6, 6.07) is 14.0. The van der Waals surface area contributed by atoms with Gasteiger partial charge in [0.15, 0.2) is 5.78 Å². The van der Waals surface area contributed by atoms with Crippen molar-refractivity contribution >= 4 is 41.3 Å². The van der Waals surface area contributed by atoms with Crippen LogP contribution in [0.3, 0.4) is 0 Å². The number of carbonyl (C=O) groups excluding carboxylic acids is 3. The molecule has 0 aliphatic carbocycles. The van der Waals surface area contributed by atoms with E-state index < -0.39 is 53.6 Å². The van der Waals surface area contributed by atoms with Crippen molar-refractivity contribution in [1.29, 1.82) is 0 Å². The molecule has 174 valence electrons. The average Bonchev–Trinajstić information content (AvgIpc) is 3.26. The van der Waals surface area contributed by atoms with E-state index >= 15 is 0 Å². The number of anilines is 1. The first-order valence-electron chi connectivity index (χ1n) is 10.6. The molecule has 34 heavy (non-hydrogen) atoms. The summed E-state index contributed by atoms with van der Waals surface area (Å²) in [5, 5.41) is 22.3. The summed E-state index contributed by atoms with van der Waals surface area (Å²) in [4.78, 5) is 63.4. The number of carbonyl (C=O) groups is 5. The van der Waals surface area contributed by atoms with Crippen molar-refractivity contribution in [1.82, 2.24) is 5.32 Å². The van der Waals surface area contributed by atoms with Crippen molar-refractivity contribution in [3.63, 3.8) is 0 Å². The molecule has 4 rings (SSSR count). The molecule has 2 amide bonds. The molecule has 0 saturated carbocycles. The quantitative estimate of drug-likeness (QED) is 0.419. The normalized spacial score (nSPS) is 26.1. The van der Waals surface area contributed by atoms with E-state index in [2.05, 4.69) is 5.32 Å². The summed E-state index contributed by atoms with van der Waals surface area (Å²) in [7, 11) is 0. The second-order valence-corrected chi connectivity index (χ2v) is 8.41. The van der Waals surface area contributed by atoms with Crippen LogP contribution in [0.1, 0.15) is 29.3 Å². The van der Waals surface area contributed by atoms with Crippen molar-refractivity contribution in [2.45, 2.75) is 24.9 Å². The monoisotopic (exact) mass is 462 g/mol. The molecule has 2 fully saturated rings. The zero-order valence-corrected chi connectivity index (χ0v) is 18.2. The van der Waals surface area contributed by atoms with E-state index in [4.69, 9.17) is 0 Å². The van der Waals surface area contributed by atoms with Crippen molar-refractivity contribution < 1.29 is 34.2 Å². The smallest absolute Gasteiger partial charge is 0.325 e. The number of hydrogen-bond donors (Lipinski definition) is 3. The molecule has 4 atom stereocenters. The van der Waals surface area contributed by atoms with Crippen LogP contribution in [0, 0.1) is 11.8 Å². The molecular weight excluding hydrogens is 440 g/mol. The van der Waals surface area contributed by atoms with Crippen LogP contribution in [-0.4, -0.2) is 51.3 Å². The third-order valence-electron chi connectivity index (χ3n) is 6.33. The van der Waals surface area contributed by atoms with E-state index in [9.17, 15) is 34.2 Å². The highest BCUT2D eigenvalue weighted by Gasteiger charge is 2.68. The number of carboxylic acids is 2. The molecule has 9 nitrogen and oxygen atoms in total. The predicted octanol–water partition coefficient (Wildman–Crippen LogP) is 1.98. The minimum Gasteiger partial charge on any atom is -0.481 e. The molecular formula is C25H22N2O7. The van der Waals surface area contributed by atoms with Gasteiger partial charge >= 0.3 is 11.9 Å². The van der Waals surface area contributed by atoms with Crippen molar-refractivity contribution in [2.24, 2.45) is 11.8 Å². The summed E-state index contributed by atoms with van der Waals surface area (Å²) >= 11 is 0. The summed E-state index contributed by atoms with van der Waals surface area (Å²) in [6.45, 7) is 1.38. The predicted molar refractivity (Wildman–Crippen MR) is 121 cm³/mol. The van der Waals surface area contributed by atoms with Gasteiger partial charge in [0.25, 0.3) is 0 Å². The SMILES string of the molecule is CC(=O)c1ccc(N2C(=O)C3C(C=Cc4ccccc4)NC(CC(=O)O)(C(=O)O)C3C2=O)cc1. The summed E-state index contributed by atoms with van der Waals surface area (Å²) in [5.41, 5.74) is -0.794. The molecule has 2 aliphatic rings. The van der Waals surface area contributed by atoms with Gasteiger partial charge in [-0.05, 0) is 36.8 Å². The Hall–Kier alpha value is -4.11. The topological polar surface area (TPSA) is 141 Å². The van der Waals surface area contributed by atoms with Gasteiger partial charge < -0.3 is 10.2 Å². The Kier molecular flexibility index (Phi) is 5.89. The first kappa shape index (κ1) is 23.1. The Bertz CT molecular complexity index is 1210. The Labute approximate surface area is 194 Å². The van der Waals surface area contributed by atoms with Gasteiger partial charge in [-0.15, -0.1) is 0 Å². The number of amides is 2. The first-order valence-corrected chi connectivity index (χ1v) is 10.6. The van der Waals surface area contributed by atoms with Crippen LogP contribution in [0.2, 0.25) is 0 Å². The lowest BCUT2D eigenvalue weighted by molar-refractivity contribution is -0.154. The number of rotatable bonds is 7. The van der Waals surface area contributed by atoms with E-state index in [0.29, 0.717) is 5.56 Å². The number of aliphatic carboxylic acids is 2. The fraction of sp³-hybridized carbons (Fsp3) is 0.240. The van der Waals surface area contributed by atoms with Crippen LogP contribution < -0.4 is 10.2 Å². The van der Waals surface area contributed by atoms with Crippen molar-refractivity contribution in [3.8, 4) is 0 Å². The van der Waals surface area contributed by atoms with Crippen LogP contribution in [0.4, 0.5) is 5.69 Å². The molecule has 4 unspecified atom stereocenters. The lowest BCUT2D eigenvalue weighted by Gasteiger charge is -2.29. The minimum atomic E-state index is -2.16. The van der Waals surface area contributed by atoms with Gasteiger partial charge in [0.05, 0.1) is 23.9 Å². The molecule has 3 N–H and O–H groups in total. The Morgan fingerprint density at radius 2 is 1.65 bits per heavy atom. The van der Waals surface area contributed by atoms with Crippen LogP contribution in [-0.2, 0) is 19.2 Å². The third kappa shape index (κ3) is 3.80. The number of carboxylic acid groups (broad SMARTS) is 2. The fourth-order valence-electron chi connectivity index (χ4n) is 4.76. The summed E-state index contributed by atoms with van der Waals surface area (Å²) in [5.74, 6) is -7.08. The zero-order chi connectivity index (χ0) is 24.6. The van der Waals surface area contributed by atoms with Gasteiger partial charge in [0.1, 0.15) is 5.54 Å². The zero-order valence-electron chi connectivity index (χ0n) is 18.2. The average molecular weight is 462 g/mol. The highest BCUT2D eigenvalue weighted by molar-refractivity contribution is 6.24. The second kappa shape index (κ2) is 8.68. The lowest BCUT2D eigenvalue weighted by Crippen LogP contribution is -2.57.